The highest BCUT2D eigenvalue weighted by Gasteiger charge is 2.42. The second-order valence-corrected chi connectivity index (χ2v) is 7.85. The second kappa shape index (κ2) is 5.77. The van der Waals surface area contributed by atoms with Gasteiger partial charge in [-0.15, -0.1) is 0 Å². The summed E-state index contributed by atoms with van der Waals surface area (Å²) in [6.07, 6.45) is 0.0228. The van der Waals surface area contributed by atoms with E-state index in [9.17, 15) is 18.3 Å². The Balaban J connectivity index is 2.24. The molecule has 7 nitrogen and oxygen atoms in total. The maximum Gasteiger partial charge on any atom is 0.337 e. The van der Waals surface area contributed by atoms with Gasteiger partial charge in [0.1, 0.15) is 0 Å². The lowest BCUT2D eigenvalue weighted by atomic mass is 9.94. The fourth-order valence-corrected chi connectivity index (χ4v) is 4.22. The molecule has 3 rings (SSSR count). The average Bonchev–Trinajstić information content (AvgIpc) is 3.10. The first-order valence-corrected chi connectivity index (χ1v) is 9.04. The molecule has 0 bridgehead atoms. The van der Waals surface area contributed by atoms with Gasteiger partial charge in [0.25, 0.3) is 0 Å². The number of sulfone groups is 1. The summed E-state index contributed by atoms with van der Waals surface area (Å²) in [6.45, 7) is 1.97. The number of hydrogen-bond acceptors (Lipinski definition) is 6. The minimum Gasteiger partial charge on any atom is -0.478 e. The molecule has 1 fully saturated rings. The molecular formula is C14H14ClNO6S. The summed E-state index contributed by atoms with van der Waals surface area (Å²) in [5, 5.41) is 13.0. The Morgan fingerprint density at radius 3 is 2.87 bits per heavy atom. The van der Waals surface area contributed by atoms with Gasteiger partial charge < -0.3 is 14.7 Å². The van der Waals surface area contributed by atoms with Gasteiger partial charge in [-0.05, 0) is 18.6 Å². The fourth-order valence-electron chi connectivity index (χ4n) is 2.72. The third-order valence-electron chi connectivity index (χ3n) is 3.95. The molecule has 0 aromatic heterocycles. The van der Waals surface area contributed by atoms with Gasteiger partial charge in [0.15, 0.2) is 9.84 Å². The molecule has 0 aliphatic carbocycles. The van der Waals surface area contributed by atoms with E-state index in [1.54, 1.807) is 0 Å². The lowest BCUT2D eigenvalue weighted by Crippen LogP contribution is -2.22. The van der Waals surface area contributed by atoms with Gasteiger partial charge >= 0.3 is 5.97 Å². The van der Waals surface area contributed by atoms with Crippen molar-refractivity contribution in [3.05, 3.63) is 28.3 Å². The molecule has 0 amide bonds. The fraction of sp³-hybridized carbons (Fsp3) is 0.429. The van der Waals surface area contributed by atoms with Crippen LogP contribution < -0.4 is 0 Å². The minimum atomic E-state index is -3.61. The third kappa shape index (κ3) is 2.60. The summed E-state index contributed by atoms with van der Waals surface area (Å²) in [4.78, 5) is 16.4. The molecule has 2 atom stereocenters. The molecular weight excluding hydrogens is 346 g/mol. The number of fused-ring (bicyclic) bond motifs is 1. The van der Waals surface area contributed by atoms with Crippen molar-refractivity contribution in [3.63, 3.8) is 0 Å². The molecule has 0 saturated carbocycles. The van der Waals surface area contributed by atoms with Gasteiger partial charge in [0, 0.05) is 5.56 Å². The molecule has 0 radical (unpaired) electrons. The van der Waals surface area contributed by atoms with E-state index < -0.39 is 22.1 Å². The smallest absolute Gasteiger partial charge is 0.337 e. The van der Waals surface area contributed by atoms with Gasteiger partial charge in [0.05, 0.1) is 39.5 Å². The van der Waals surface area contributed by atoms with Crippen molar-refractivity contribution in [1.29, 1.82) is 0 Å². The van der Waals surface area contributed by atoms with Crippen molar-refractivity contribution in [2.75, 3.05) is 12.4 Å². The van der Waals surface area contributed by atoms with E-state index >= 15 is 0 Å². The Hall–Kier alpha value is -1.64. The molecule has 1 aromatic rings. The van der Waals surface area contributed by atoms with Gasteiger partial charge in [0.2, 0.25) is 6.29 Å². The van der Waals surface area contributed by atoms with Crippen LogP contribution >= 0.6 is 11.6 Å². The number of benzene rings is 1. The van der Waals surface area contributed by atoms with Crippen molar-refractivity contribution < 1.29 is 27.9 Å². The topological polar surface area (TPSA) is 102 Å². The number of carbonyl (C=O) groups is 1. The number of aromatic carboxylic acids is 1. The first-order chi connectivity index (χ1) is 10.9. The molecule has 9 heteroatoms. The van der Waals surface area contributed by atoms with Crippen LogP contribution in [-0.2, 0) is 19.4 Å². The zero-order chi connectivity index (χ0) is 16.8. The van der Waals surface area contributed by atoms with Gasteiger partial charge in [-0.25, -0.2) is 13.2 Å². The van der Waals surface area contributed by atoms with Crippen molar-refractivity contribution >= 4 is 33.1 Å². The normalized spacial score (nSPS) is 23.3. The van der Waals surface area contributed by atoms with Crippen molar-refractivity contribution in [1.82, 2.24) is 0 Å². The van der Waals surface area contributed by atoms with Crippen LogP contribution in [0.1, 0.15) is 29.3 Å². The first-order valence-electron chi connectivity index (χ1n) is 7.01. The Morgan fingerprint density at radius 2 is 2.22 bits per heavy atom. The number of hydrogen-bond donors (Lipinski definition) is 1. The van der Waals surface area contributed by atoms with Crippen LogP contribution in [0.3, 0.4) is 0 Å². The standard InChI is InChI=1S/C14H14ClNO6S/c1-2-23(19,20)9-4-3-7(13(17)18)11(15)10(9)12-8-5-6-21-14(8)22-16-12/h3-4,8,14H,2,5-6H2,1H3,(H,17,18). The van der Waals surface area contributed by atoms with Gasteiger partial charge in [-0.3, -0.25) is 0 Å². The SMILES string of the molecule is CCS(=O)(=O)c1ccc(C(=O)O)c(Cl)c1C1=NOC2OCCC12. The number of ether oxygens (including phenoxy) is 1. The number of nitrogens with zero attached hydrogens (tertiary/aromatic N) is 1. The summed E-state index contributed by atoms with van der Waals surface area (Å²) < 4.78 is 30.1. The highest BCUT2D eigenvalue weighted by atomic mass is 35.5. The number of carboxylic acid groups (broad SMARTS) is 1. The monoisotopic (exact) mass is 359 g/mol. The van der Waals surface area contributed by atoms with Crippen molar-refractivity contribution in [2.24, 2.45) is 11.1 Å². The van der Waals surface area contributed by atoms with E-state index in [0.717, 1.165) is 0 Å². The minimum absolute atomic E-state index is 0.0371. The second-order valence-electron chi connectivity index (χ2n) is 5.23. The van der Waals surface area contributed by atoms with E-state index in [1.165, 1.54) is 19.1 Å². The lowest BCUT2D eigenvalue weighted by molar-refractivity contribution is -0.106. The van der Waals surface area contributed by atoms with Crippen LogP contribution in [0.15, 0.2) is 22.2 Å². The van der Waals surface area contributed by atoms with Crippen LogP contribution in [0.25, 0.3) is 0 Å². The van der Waals surface area contributed by atoms with Crippen LogP contribution in [0.5, 0.6) is 0 Å². The van der Waals surface area contributed by atoms with E-state index in [2.05, 4.69) is 5.16 Å². The zero-order valence-electron chi connectivity index (χ0n) is 12.2. The maximum atomic E-state index is 12.4. The Bertz CT molecular complexity index is 804. The van der Waals surface area contributed by atoms with Crippen LogP contribution in [0, 0.1) is 5.92 Å². The summed E-state index contributed by atoms with van der Waals surface area (Å²) in [5.41, 5.74) is 0.251. The highest BCUT2D eigenvalue weighted by molar-refractivity contribution is 7.91. The van der Waals surface area contributed by atoms with Gasteiger partial charge in [-0.2, -0.15) is 0 Å². The van der Waals surface area contributed by atoms with E-state index in [4.69, 9.17) is 21.2 Å². The lowest BCUT2D eigenvalue weighted by Gasteiger charge is -2.15. The summed E-state index contributed by atoms with van der Waals surface area (Å²) in [6, 6.07) is 2.45. The molecule has 1 N–H and O–H groups in total. The van der Waals surface area contributed by atoms with Gasteiger partial charge in [-0.1, -0.05) is 23.7 Å². The number of carboxylic acids is 1. The van der Waals surface area contributed by atoms with Crippen LogP contribution in [0.2, 0.25) is 5.02 Å². The Kier molecular flexibility index (Phi) is 4.07. The summed E-state index contributed by atoms with van der Waals surface area (Å²) in [7, 11) is -3.61. The molecule has 1 saturated heterocycles. The summed E-state index contributed by atoms with van der Waals surface area (Å²) >= 11 is 6.22. The molecule has 2 unspecified atom stereocenters. The quantitative estimate of drug-likeness (QED) is 0.881. The highest BCUT2D eigenvalue weighted by Crippen LogP contribution is 2.38. The van der Waals surface area contributed by atoms with E-state index in [1.807, 2.05) is 0 Å². The molecule has 2 aliphatic rings. The molecule has 2 aliphatic heterocycles. The molecule has 124 valence electrons. The first kappa shape index (κ1) is 16.2. The molecule has 0 spiro atoms. The zero-order valence-corrected chi connectivity index (χ0v) is 13.7. The third-order valence-corrected chi connectivity index (χ3v) is 6.11. The van der Waals surface area contributed by atoms with E-state index in [0.29, 0.717) is 18.7 Å². The molecule has 2 heterocycles. The Morgan fingerprint density at radius 1 is 1.48 bits per heavy atom. The predicted octanol–water partition coefficient (Wildman–Crippen LogP) is 1.93. The van der Waals surface area contributed by atoms with Crippen molar-refractivity contribution in [3.8, 4) is 0 Å². The Labute approximate surface area is 137 Å². The summed E-state index contributed by atoms with van der Waals surface area (Å²) in [5.74, 6) is -1.64. The van der Waals surface area contributed by atoms with E-state index in [-0.39, 0.29) is 32.7 Å². The number of oxime groups is 1. The van der Waals surface area contributed by atoms with Crippen LogP contribution in [-0.4, -0.2) is 43.9 Å². The largest absolute Gasteiger partial charge is 0.478 e. The predicted molar refractivity (Wildman–Crippen MR) is 81.6 cm³/mol. The number of rotatable bonds is 4. The maximum absolute atomic E-state index is 12.4. The molecule has 1 aromatic carbocycles. The number of halogens is 1. The average molecular weight is 360 g/mol. The molecule has 23 heavy (non-hydrogen) atoms. The van der Waals surface area contributed by atoms with Crippen LogP contribution in [0.4, 0.5) is 0 Å². The van der Waals surface area contributed by atoms with Crippen molar-refractivity contribution in [2.45, 2.75) is 24.5 Å².